The molecule has 0 unspecified atom stereocenters. The van der Waals surface area contributed by atoms with E-state index < -0.39 is 23.9 Å². The number of fused-ring (bicyclic) bond motifs is 1. The van der Waals surface area contributed by atoms with Gasteiger partial charge in [-0.15, -0.1) is 0 Å². The van der Waals surface area contributed by atoms with Crippen LogP contribution in [0.3, 0.4) is 0 Å². The number of carbonyl (C=O) groups excluding carboxylic acids is 3. The maximum atomic E-state index is 13.7. The van der Waals surface area contributed by atoms with Crippen LogP contribution in [0, 0.1) is 29.6 Å². The van der Waals surface area contributed by atoms with Gasteiger partial charge in [-0.2, -0.15) is 0 Å². The van der Waals surface area contributed by atoms with Gasteiger partial charge in [0, 0.05) is 19.0 Å². The summed E-state index contributed by atoms with van der Waals surface area (Å²) in [4.78, 5) is 41.6. The third-order valence-corrected chi connectivity index (χ3v) is 7.33. The first-order valence-electron chi connectivity index (χ1n) is 11.9. The van der Waals surface area contributed by atoms with Gasteiger partial charge in [-0.25, -0.2) is 0 Å². The number of allylic oxidation sites excluding steroid dienone is 1. The Morgan fingerprint density at radius 1 is 1.16 bits per heavy atom. The van der Waals surface area contributed by atoms with E-state index in [2.05, 4.69) is 10.6 Å². The number of hydrogen-bond acceptors (Lipinski definition) is 4. The maximum Gasteiger partial charge on any atom is 0.243 e. The molecular weight excluding hydrogens is 394 g/mol. The van der Waals surface area contributed by atoms with Crippen LogP contribution in [0.4, 0.5) is 0 Å². The van der Waals surface area contributed by atoms with Crippen LogP contribution in [-0.2, 0) is 14.4 Å². The Morgan fingerprint density at radius 3 is 2.42 bits per heavy atom. The Hall–Kier alpha value is -1.89. The highest BCUT2D eigenvalue weighted by Crippen LogP contribution is 2.45. The van der Waals surface area contributed by atoms with Gasteiger partial charge >= 0.3 is 0 Å². The first-order valence-corrected chi connectivity index (χ1v) is 11.9. The van der Waals surface area contributed by atoms with E-state index in [1.54, 1.807) is 11.9 Å². The molecule has 2 aliphatic carbocycles. The molecule has 1 heterocycles. The molecule has 0 aromatic carbocycles. The normalized spacial score (nSPS) is 32.1. The summed E-state index contributed by atoms with van der Waals surface area (Å²) in [5, 5.41) is 16.1. The molecular formula is C24H39N3O4. The lowest BCUT2D eigenvalue weighted by Gasteiger charge is -2.35. The first-order chi connectivity index (χ1) is 14.8. The molecule has 0 spiro atoms. The predicted molar refractivity (Wildman–Crippen MR) is 119 cm³/mol. The standard InChI is InChI=1S/C24H39N3O4/c1-14(2)12-17(13-28)27-21(23(30)26-16-8-6-5-7-9-16)18-11-10-15(3)19(22(29)25-4)20(18)24(27)31/h10-11,14-21,28H,5-9,12-13H2,1-4H3,(H,25,29)(H,26,30)/t15-,17-,18+,19-,20+,21+/m1/s1. The fourth-order valence-corrected chi connectivity index (χ4v) is 5.85. The van der Waals surface area contributed by atoms with Gasteiger partial charge in [-0.1, -0.05) is 52.2 Å². The van der Waals surface area contributed by atoms with E-state index in [9.17, 15) is 19.5 Å². The van der Waals surface area contributed by atoms with Crippen molar-refractivity contribution in [1.29, 1.82) is 0 Å². The molecule has 2 fully saturated rings. The van der Waals surface area contributed by atoms with Gasteiger partial charge in [0.25, 0.3) is 0 Å². The van der Waals surface area contributed by atoms with Crippen molar-refractivity contribution in [3.05, 3.63) is 12.2 Å². The Bertz CT molecular complexity index is 701. The number of likely N-dealkylation sites (tertiary alicyclic amines) is 1. The zero-order valence-corrected chi connectivity index (χ0v) is 19.3. The number of amides is 3. The second-order valence-electron chi connectivity index (χ2n) is 9.99. The topological polar surface area (TPSA) is 98.7 Å². The average Bonchev–Trinajstić information content (AvgIpc) is 3.04. The van der Waals surface area contributed by atoms with E-state index in [1.807, 2.05) is 32.9 Å². The van der Waals surface area contributed by atoms with Crippen LogP contribution in [0.25, 0.3) is 0 Å². The average molecular weight is 434 g/mol. The summed E-state index contributed by atoms with van der Waals surface area (Å²) in [5.41, 5.74) is 0. The van der Waals surface area contributed by atoms with E-state index in [0.717, 1.165) is 25.7 Å². The van der Waals surface area contributed by atoms with Gasteiger partial charge < -0.3 is 20.6 Å². The SMILES string of the molecule is CNC(=O)[C@H]1[C@H]2C(=O)N([C@@H](CO)CC(C)C)[C@H](C(=O)NC3CCCCC3)[C@H]2C=C[C@H]1C. The fourth-order valence-electron chi connectivity index (χ4n) is 5.85. The van der Waals surface area contributed by atoms with Gasteiger partial charge in [0.15, 0.2) is 0 Å². The predicted octanol–water partition coefficient (Wildman–Crippen LogP) is 1.85. The molecule has 3 amide bonds. The Labute approximate surface area is 186 Å². The largest absolute Gasteiger partial charge is 0.394 e. The maximum absolute atomic E-state index is 13.7. The van der Waals surface area contributed by atoms with E-state index in [-0.39, 0.29) is 48.1 Å². The third kappa shape index (κ3) is 4.81. The summed E-state index contributed by atoms with van der Waals surface area (Å²) in [6.45, 7) is 5.84. The molecule has 3 N–H and O–H groups in total. The van der Waals surface area contributed by atoms with Crippen molar-refractivity contribution in [2.45, 2.75) is 77.4 Å². The Balaban J connectivity index is 1.96. The molecule has 7 nitrogen and oxygen atoms in total. The number of aliphatic hydroxyl groups excluding tert-OH is 1. The van der Waals surface area contributed by atoms with Crippen LogP contribution in [0.15, 0.2) is 12.2 Å². The zero-order valence-electron chi connectivity index (χ0n) is 19.3. The third-order valence-electron chi connectivity index (χ3n) is 7.33. The number of carbonyl (C=O) groups is 3. The monoisotopic (exact) mass is 433 g/mol. The fraction of sp³-hybridized carbons (Fsp3) is 0.792. The highest BCUT2D eigenvalue weighted by Gasteiger charge is 2.58. The number of aliphatic hydroxyl groups is 1. The van der Waals surface area contributed by atoms with Crippen LogP contribution in [0.1, 0.15) is 59.3 Å². The highest BCUT2D eigenvalue weighted by molar-refractivity contribution is 5.97. The number of nitrogens with one attached hydrogen (secondary N) is 2. The van der Waals surface area contributed by atoms with Crippen LogP contribution in [0.2, 0.25) is 0 Å². The molecule has 3 aliphatic rings. The molecule has 3 rings (SSSR count). The van der Waals surface area contributed by atoms with Crippen LogP contribution >= 0.6 is 0 Å². The second-order valence-corrected chi connectivity index (χ2v) is 9.99. The summed E-state index contributed by atoms with van der Waals surface area (Å²) >= 11 is 0. The quantitative estimate of drug-likeness (QED) is 0.534. The van der Waals surface area contributed by atoms with Crippen molar-refractivity contribution >= 4 is 17.7 Å². The van der Waals surface area contributed by atoms with E-state index in [4.69, 9.17) is 0 Å². The summed E-state index contributed by atoms with van der Waals surface area (Å²) in [6.07, 6.45) is 9.86. The zero-order chi connectivity index (χ0) is 22.7. The number of nitrogens with zero attached hydrogens (tertiary/aromatic N) is 1. The van der Waals surface area contributed by atoms with E-state index in [1.165, 1.54) is 6.42 Å². The van der Waals surface area contributed by atoms with Crippen molar-refractivity contribution in [1.82, 2.24) is 15.5 Å². The smallest absolute Gasteiger partial charge is 0.243 e. The highest BCUT2D eigenvalue weighted by atomic mass is 16.3. The lowest BCUT2D eigenvalue weighted by molar-refractivity contribution is -0.143. The van der Waals surface area contributed by atoms with Crippen molar-refractivity contribution in [3.8, 4) is 0 Å². The Kier molecular flexibility index (Phi) is 7.78. The molecule has 0 aromatic heterocycles. The Morgan fingerprint density at radius 2 is 1.84 bits per heavy atom. The van der Waals surface area contributed by atoms with E-state index >= 15 is 0 Å². The van der Waals surface area contributed by atoms with Gasteiger partial charge in [0.2, 0.25) is 17.7 Å². The van der Waals surface area contributed by atoms with Gasteiger partial charge in [0.1, 0.15) is 6.04 Å². The number of hydrogen-bond donors (Lipinski definition) is 3. The molecule has 0 aromatic rings. The summed E-state index contributed by atoms with van der Waals surface area (Å²) < 4.78 is 0. The van der Waals surface area contributed by atoms with Crippen LogP contribution in [0.5, 0.6) is 0 Å². The van der Waals surface area contributed by atoms with Crippen LogP contribution in [-0.4, -0.2) is 59.5 Å². The minimum atomic E-state index is -0.689. The molecule has 0 bridgehead atoms. The van der Waals surface area contributed by atoms with Gasteiger partial charge in [-0.3, -0.25) is 14.4 Å². The van der Waals surface area contributed by atoms with Crippen molar-refractivity contribution in [3.63, 3.8) is 0 Å². The molecule has 6 atom stereocenters. The molecule has 1 saturated carbocycles. The lowest BCUT2D eigenvalue weighted by Crippen LogP contribution is -2.54. The minimum absolute atomic E-state index is 0.0927. The minimum Gasteiger partial charge on any atom is -0.394 e. The van der Waals surface area contributed by atoms with E-state index in [0.29, 0.717) is 6.42 Å². The first kappa shape index (κ1) is 23.8. The van der Waals surface area contributed by atoms with Crippen molar-refractivity contribution in [2.24, 2.45) is 29.6 Å². The summed E-state index contributed by atoms with van der Waals surface area (Å²) in [6, 6.07) is -0.989. The van der Waals surface area contributed by atoms with Crippen molar-refractivity contribution < 1.29 is 19.5 Å². The molecule has 1 saturated heterocycles. The molecule has 7 heteroatoms. The molecule has 31 heavy (non-hydrogen) atoms. The summed E-state index contributed by atoms with van der Waals surface area (Å²) in [7, 11) is 1.59. The molecule has 0 radical (unpaired) electrons. The van der Waals surface area contributed by atoms with Crippen LogP contribution < -0.4 is 10.6 Å². The second kappa shape index (κ2) is 10.2. The van der Waals surface area contributed by atoms with Gasteiger partial charge in [0.05, 0.1) is 24.5 Å². The van der Waals surface area contributed by atoms with Gasteiger partial charge in [-0.05, 0) is 31.1 Å². The van der Waals surface area contributed by atoms with Crippen molar-refractivity contribution in [2.75, 3.05) is 13.7 Å². The molecule has 1 aliphatic heterocycles. The molecule has 174 valence electrons. The summed E-state index contributed by atoms with van der Waals surface area (Å²) in [5.74, 6) is -1.79. The number of rotatable bonds is 7. The lowest BCUT2D eigenvalue weighted by atomic mass is 9.70.